The Morgan fingerprint density at radius 3 is 2.22 bits per heavy atom. The van der Waals surface area contributed by atoms with Gasteiger partial charge < -0.3 is 28.6 Å². The van der Waals surface area contributed by atoms with Crippen molar-refractivity contribution in [1.82, 2.24) is 9.55 Å². The predicted molar refractivity (Wildman–Crippen MR) is 252 cm³/mol. The third kappa shape index (κ3) is 10.7. The lowest BCUT2D eigenvalue weighted by Crippen LogP contribution is -2.44. The third-order valence-corrected chi connectivity index (χ3v) is 14.2. The van der Waals surface area contributed by atoms with Gasteiger partial charge in [0.2, 0.25) is 0 Å². The molecule has 4 atom stereocenters. The Morgan fingerprint density at radius 1 is 0.862 bits per heavy atom. The van der Waals surface area contributed by atoms with Crippen LogP contribution in [0.5, 0.6) is 17.2 Å². The Hall–Kier alpha value is -5.03. The molecule has 0 amide bonds. The van der Waals surface area contributed by atoms with Crippen molar-refractivity contribution in [2.24, 2.45) is 17.8 Å². The molecule has 1 N–H and O–H groups in total. The van der Waals surface area contributed by atoms with E-state index >= 15 is 0 Å². The molecule has 11 nitrogen and oxygen atoms in total. The summed E-state index contributed by atoms with van der Waals surface area (Å²) in [5.74, 6) is 2.46. The highest BCUT2D eigenvalue weighted by molar-refractivity contribution is 5.90. The van der Waals surface area contributed by atoms with Crippen LogP contribution in [-0.2, 0) is 50.7 Å². The van der Waals surface area contributed by atoms with Gasteiger partial charge in [-0.3, -0.25) is 14.4 Å². The number of aliphatic hydroxyl groups is 1. The summed E-state index contributed by atoms with van der Waals surface area (Å²) in [6, 6.07) is 10.7. The van der Waals surface area contributed by atoms with Crippen molar-refractivity contribution in [3.63, 3.8) is 0 Å². The van der Waals surface area contributed by atoms with Crippen LogP contribution in [0.25, 0.3) is 22.3 Å². The number of fused-ring (bicyclic) bond motifs is 6. The smallest absolute Gasteiger partial charge is 0.343 e. The molecule has 2 aromatic heterocycles. The van der Waals surface area contributed by atoms with Gasteiger partial charge in [0.15, 0.2) is 5.60 Å². The van der Waals surface area contributed by atoms with Gasteiger partial charge in [0.1, 0.15) is 29.5 Å². The number of rotatable bonds is 20. The molecule has 350 valence electrons. The zero-order valence-corrected chi connectivity index (χ0v) is 40.0. The van der Waals surface area contributed by atoms with E-state index in [0.29, 0.717) is 34.8 Å². The van der Waals surface area contributed by atoms with Gasteiger partial charge in [0.05, 0.1) is 29.0 Å². The summed E-state index contributed by atoms with van der Waals surface area (Å²) in [6.07, 6.45) is 14.2. The summed E-state index contributed by atoms with van der Waals surface area (Å²) in [7, 11) is 0. The van der Waals surface area contributed by atoms with Crippen molar-refractivity contribution in [2.75, 3.05) is 0 Å². The lowest BCUT2D eigenvalue weighted by molar-refractivity contribution is -0.172. The van der Waals surface area contributed by atoms with Gasteiger partial charge in [0.25, 0.3) is 5.56 Å². The molecule has 11 heteroatoms. The number of nitrogens with zero attached hydrogens (tertiary/aromatic N) is 2. The summed E-state index contributed by atoms with van der Waals surface area (Å²) in [5, 5.41) is 12.0. The summed E-state index contributed by atoms with van der Waals surface area (Å²) in [4.78, 5) is 57.2. The SMILES string of the molecule is CCc1c2c(nc3ccc(OC(=O)CCCC(=O)Oc4cc(C)c5c(c4)CC[C@@](C)(CCC[C@H](C)CCC[C@H](C)CCCC(C)C)O5)cc13)-c1cc3c(c(=O)n1C2)COC(=O)[C@]3(O)CC. The number of aryl methyl sites for hydroxylation is 3. The van der Waals surface area contributed by atoms with Gasteiger partial charge in [-0.05, 0) is 130 Å². The molecule has 2 aromatic carbocycles. The molecule has 0 unspecified atom stereocenters. The van der Waals surface area contributed by atoms with Crippen LogP contribution in [0, 0.1) is 24.7 Å². The number of hydrogen-bond donors (Lipinski definition) is 1. The highest BCUT2D eigenvalue weighted by Gasteiger charge is 2.45. The summed E-state index contributed by atoms with van der Waals surface area (Å²) < 4.78 is 25.0. The van der Waals surface area contributed by atoms with E-state index in [1.54, 1.807) is 35.8 Å². The first-order chi connectivity index (χ1) is 31.0. The summed E-state index contributed by atoms with van der Waals surface area (Å²) in [6.45, 7) is 17.4. The minimum atomic E-state index is -1.90. The fourth-order valence-corrected chi connectivity index (χ4v) is 10.2. The van der Waals surface area contributed by atoms with Gasteiger partial charge in [-0.2, -0.15) is 0 Å². The first-order valence-corrected chi connectivity index (χ1v) is 24.4. The van der Waals surface area contributed by atoms with Crippen LogP contribution in [0.3, 0.4) is 0 Å². The Bertz CT molecular complexity index is 2490. The molecule has 0 bridgehead atoms. The van der Waals surface area contributed by atoms with Crippen molar-refractivity contribution in [3.05, 3.63) is 80.1 Å². The normalized spacial score (nSPS) is 19.4. The molecule has 7 rings (SSSR count). The molecular weight excluding hydrogens is 821 g/mol. The van der Waals surface area contributed by atoms with E-state index in [2.05, 4.69) is 34.6 Å². The monoisotopic (exact) mass is 891 g/mol. The van der Waals surface area contributed by atoms with E-state index < -0.39 is 23.5 Å². The van der Waals surface area contributed by atoms with E-state index in [1.165, 1.54) is 44.9 Å². The second kappa shape index (κ2) is 20.2. The molecule has 0 radical (unpaired) electrons. The van der Waals surface area contributed by atoms with Crippen LogP contribution >= 0.6 is 0 Å². The van der Waals surface area contributed by atoms with Crippen molar-refractivity contribution < 1.29 is 38.4 Å². The molecule has 0 saturated heterocycles. The molecule has 0 aliphatic carbocycles. The minimum absolute atomic E-state index is 0.0294. The fraction of sp³-hybridized carbons (Fsp3) is 0.574. The van der Waals surface area contributed by atoms with Gasteiger partial charge >= 0.3 is 17.9 Å². The van der Waals surface area contributed by atoms with Crippen LogP contribution in [0.15, 0.2) is 41.2 Å². The Morgan fingerprint density at radius 2 is 1.54 bits per heavy atom. The maximum absolute atomic E-state index is 13.7. The predicted octanol–water partition coefficient (Wildman–Crippen LogP) is 11.2. The van der Waals surface area contributed by atoms with Gasteiger partial charge in [-0.15, -0.1) is 0 Å². The Balaban J connectivity index is 0.883. The van der Waals surface area contributed by atoms with Crippen molar-refractivity contribution >= 4 is 28.8 Å². The van der Waals surface area contributed by atoms with Crippen molar-refractivity contribution in [2.45, 2.75) is 182 Å². The quantitative estimate of drug-likeness (QED) is 0.0592. The van der Waals surface area contributed by atoms with Gasteiger partial charge in [-0.25, -0.2) is 9.78 Å². The summed E-state index contributed by atoms with van der Waals surface area (Å²) >= 11 is 0. The number of carbonyl (C=O) groups excluding carboxylic acids is 3. The van der Waals surface area contributed by atoms with E-state index in [0.717, 1.165) is 76.8 Å². The number of carbonyl (C=O) groups is 3. The Labute approximate surface area is 384 Å². The molecule has 3 aliphatic heterocycles. The average Bonchev–Trinajstić information content (AvgIpc) is 3.63. The molecular formula is C54H70N2O9. The van der Waals surface area contributed by atoms with E-state index in [-0.39, 0.29) is 61.1 Å². The first-order valence-electron chi connectivity index (χ1n) is 24.4. The lowest BCUT2D eigenvalue weighted by Gasteiger charge is -2.37. The third-order valence-electron chi connectivity index (χ3n) is 14.2. The first kappa shape index (κ1) is 47.9. The molecule has 3 aliphatic rings. The van der Waals surface area contributed by atoms with E-state index in [4.69, 9.17) is 23.9 Å². The topological polar surface area (TPSA) is 143 Å². The number of benzene rings is 2. The van der Waals surface area contributed by atoms with Gasteiger partial charge in [0, 0.05) is 29.4 Å². The fourth-order valence-electron chi connectivity index (χ4n) is 10.2. The molecule has 0 spiro atoms. The Kier molecular flexibility index (Phi) is 14.9. The minimum Gasteiger partial charge on any atom is -0.487 e. The zero-order valence-electron chi connectivity index (χ0n) is 40.0. The van der Waals surface area contributed by atoms with E-state index in [1.807, 2.05) is 26.0 Å². The maximum Gasteiger partial charge on any atom is 0.343 e. The van der Waals surface area contributed by atoms with Crippen LogP contribution in [0.2, 0.25) is 0 Å². The molecule has 4 aromatic rings. The number of aromatic nitrogens is 2. The number of ether oxygens (including phenoxy) is 4. The number of hydrogen-bond acceptors (Lipinski definition) is 10. The second-order valence-corrected chi connectivity index (χ2v) is 20.0. The number of esters is 3. The van der Waals surface area contributed by atoms with Crippen LogP contribution in [0.4, 0.5) is 0 Å². The van der Waals surface area contributed by atoms with Gasteiger partial charge in [-0.1, -0.05) is 86.5 Å². The standard InChI is InChI=1S/C54H70N2O9/c1-9-40-41-29-38(22-23-45(41)55-49-42(40)31-56-46(49)30-44-43(51(56)59)32-62-52(60)54(44,61)10-2)63-47(57)20-13-21-48(58)64-39-27-36(7)50-37(28-39)24-26-53(8,65-50)25-14-19-35(6)18-12-17-34(5)16-11-15-33(3)4/h22-23,27-30,33-35,61H,9-21,24-26,31-32H2,1-8H3/t34-,35-,53-,54+/m1/s1. The second-order valence-electron chi connectivity index (χ2n) is 20.0. The maximum atomic E-state index is 13.7. The van der Waals surface area contributed by atoms with Crippen molar-refractivity contribution in [3.8, 4) is 28.6 Å². The van der Waals surface area contributed by atoms with Crippen LogP contribution in [0.1, 0.15) is 172 Å². The van der Waals surface area contributed by atoms with Crippen molar-refractivity contribution in [1.29, 1.82) is 0 Å². The van der Waals surface area contributed by atoms with Crippen LogP contribution < -0.4 is 19.8 Å². The summed E-state index contributed by atoms with van der Waals surface area (Å²) in [5.41, 5.74) is 3.75. The molecule has 0 saturated carbocycles. The van der Waals surface area contributed by atoms with Crippen LogP contribution in [-0.4, -0.2) is 38.2 Å². The number of cyclic esters (lactones) is 1. The molecule has 65 heavy (non-hydrogen) atoms. The van der Waals surface area contributed by atoms with E-state index in [9.17, 15) is 24.3 Å². The largest absolute Gasteiger partial charge is 0.487 e. The lowest BCUT2D eigenvalue weighted by atomic mass is 9.85. The molecule has 5 heterocycles. The highest BCUT2D eigenvalue weighted by Crippen LogP contribution is 2.42. The number of pyridine rings is 2. The average molecular weight is 891 g/mol. The zero-order chi connectivity index (χ0) is 46.6. The molecule has 0 fully saturated rings. The highest BCUT2D eigenvalue weighted by atomic mass is 16.6.